The second-order valence-electron chi connectivity index (χ2n) is 10.6. The number of anilines is 2. The van der Waals surface area contributed by atoms with Gasteiger partial charge in [-0.3, -0.25) is 20.0 Å². The van der Waals surface area contributed by atoms with E-state index in [-0.39, 0.29) is 5.82 Å². The largest absolute Gasteiger partial charge is 0.370 e. The summed E-state index contributed by atoms with van der Waals surface area (Å²) in [6.07, 6.45) is 20.3. The van der Waals surface area contributed by atoms with E-state index in [0.717, 1.165) is 61.7 Å². The van der Waals surface area contributed by atoms with Crippen LogP contribution < -0.4 is 10.2 Å². The lowest BCUT2D eigenvalue weighted by atomic mass is 10.00. The van der Waals surface area contributed by atoms with Crippen molar-refractivity contribution in [1.82, 2.24) is 25.1 Å². The quantitative estimate of drug-likeness (QED) is 0.363. The molecule has 2 fully saturated rings. The normalized spacial score (nSPS) is 18.7. The fourth-order valence-electron chi connectivity index (χ4n) is 5.99. The smallest absolute Gasteiger partial charge is 0.161 e. The second-order valence-corrected chi connectivity index (χ2v) is 10.6. The van der Waals surface area contributed by atoms with E-state index < -0.39 is 0 Å². The van der Waals surface area contributed by atoms with Crippen LogP contribution in [0.25, 0.3) is 22.2 Å². The minimum absolute atomic E-state index is 0.319. The highest BCUT2D eigenvalue weighted by Crippen LogP contribution is 2.37. The topological polar surface area (TPSA) is 73.0 Å². The molecule has 202 valence electrons. The average Bonchev–Trinajstić information content (AvgIpc) is 3.66. The highest BCUT2D eigenvalue weighted by molar-refractivity contribution is 5.96. The second kappa shape index (κ2) is 11.1. The predicted molar refractivity (Wildman–Crippen MR) is 157 cm³/mol. The molecule has 39 heavy (non-hydrogen) atoms. The number of H-pyrrole nitrogens is 1. The Morgan fingerprint density at radius 3 is 2.64 bits per heavy atom. The first-order chi connectivity index (χ1) is 19.2. The Kier molecular flexibility index (Phi) is 7.28. The highest BCUT2D eigenvalue weighted by atomic mass is 19.1. The van der Waals surface area contributed by atoms with E-state index in [4.69, 9.17) is 0 Å². The van der Waals surface area contributed by atoms with Crippen molar-refractivity contribution in [3.63, 3.8) is 0 Å². The maximum atomic E-state index is 16.2. The number of aromatic amines is 1. The molecule has 3 aliphatic heterocycles. The molecule has 8 heteroatoms. The third-order valence-electron chi connectivity index (χ3n) is 8.10. The summed E-state index contributed by atoms with van der Waals surface area (Å²) in [6, 6.07) is 0. The summed E-state index contributed by atoms with van der Waals surface area (Å²) in [5, 5.41) is 11.4. The highest BCUT2D eigenvalue weighted by Gasteiger charge is 2.25. The fourth-order valence-corrected chi connectivity index (χ4v) is 5.99. The molecule has 0 amide bonds. The molecule has 0 atom stereocenters. The van der Waals surface area contributed by atoms with Gasteiger partial charge in [0.1, 0.15) is 11.4 Å². The maximum Gasteiger partial charge on any atom is 0.161 e. The van der Waals surface area contributed by atoms with Crippen molar-refractivity contribution in [3.05, 3.63) is 77.8 Å². The van der Waals surface area contributed by atoms with Gasteiger partial charge in [-0.15, -0.1) is 0 Å². The third-order valence-corrected chi connectivity index (χ3v) is 8.10. The predicted octanol–water partition coefficient (Wildman–Crippen LogP) is 6.10. The molecule has 3 aliphatic rings. The van der Waals surface area contributed by atoms with E-state index >= 15 is 4.39 Å². The van der Waals surface area contributed by atoms with E-state index in [2.05, 4.69) is 47.9 Å². The first-order valence-electron chi connectivity index (χ1n) is 14.1. The number of fused-ring (bicyclic) bond motifs is 2. The Morgan fingerprint density at radius 2 is 1.87 bits per heavy atom. The molecule has 0 radical (unpaired) electrons. The standard InChI is InChI=1S/C31H36FN7/c1-3-21(20-38-12-8-9-13-38)16-22(4-2)30-29(32)28-26(18-34-30)36-37-31(28)24-11-10-23-25(35-24)17-33-19-27(23)39-14-6-5-7-15-39/h3-4,11,16-19,35H,1,5-10,12-15,20H2,2H3,(H,36,37)/b21-16+,22-4+. The van der Waals surface area contributed by atoms with Crippen LogP contribution in [0.1, 0.15) is 56.0 Å². The van der Waals surface area contributed by atoms with Crippen LogP contribution in [0.3, 0.4) is 0 Å². The number of likely N-dealkylation sites (tertiary alicyclic amines) is 1. The van der Waals surface area contributed by atoms with Crippen LogP contribution in [-0.4, -0.2) is 57.8 Å². The molecule has 0 aromatic carbocycles. The molecular formula is C31H36FN7. The summed E-state index contributed by atoms with van der Waals surface area (Å²) >= 11 is 0. The van der Waals surface area contributed by atoms with Crippen LogP contribution in [-0.2, 0) is 6.42 Å². The summed E-state index contributed by atoms with van der Waals surface area (Å²) in [4.78, 5) is 13.9. The van der Waals surface area contributed by atoms with Crippen LogP contribution in [0.5, 0.6) is 0 Å². The zero-order valence-electron chi connectivity index (χ0n) is 22.6. The van der Waals surface area contributed by atoms with Crippen molar-refractivity contribution >= 4 is 33.5 Å². The number of aromatic nitrogens is 4. The van der Waals surface area contributed by atoms with Gasteiger partial charge < -0.3 is 10.2 Å². The van der Waals surface area contributed by atoms with Gasteiger partial charge in [0.2, 0.25) is 0 Å². The molecule has 6 rings (SSSR count). The van der Waals surface area contributed by atoms with Gasteiger partial charge in [0, 0.05) is 25.2 Å². The average molecular weight is 526 g/mol. The van der Waals surface area contributed by atoms with E-state index in [1.165, 1.54) is 43.4 Å². The number of nitrogens with one attached hydrogen (secondary N) is 2. The van der Waals surface area contributed by atoms with Gasteiger partial charge in [-0.1, -0.05) is 24.8 Å². The summed E-state index contributed by atoms with van der Waals surface area (Å²) in [6.45, 7) is 11.0. The number of hydrogen-bond donors (Lipinski definition) is 2. The van der Waals surface area contributed by atoms with E-state index in [9.17, 15) is 0 Å². The van der Waals surface area contributed by atoms with Gasteiger partial charge in [-0.05, 0) is 75.8 Å². The summed E-state index contributed by atoms with van der Waals surface area (Å²) < 4.78 is 16.2. The summed E-state index contributed by atoms with van der Waals surface area (Å²) in [5.74, 6) is -0.376. The molecule has 3 aromatic rings. The first kappa shape index (κ1) is 25.5. The minimum Gasteiger partial charge on any atom is -0.370 e. The van der Waals surface area contributed by atoms with Gasteiger partial charge in [-0.25, -0.2) is 4.39 Å². The lowest BCUT2D eigenvalue weighted by molar-refractivity contribution is 0.371. The van der Waals surface area contributed by atoms with Crippen LogP contribution in [0.4, 0.5) is 15.8 Å². The van der Waals surface area contributed by atoms with Gasteiger partial charge in [-0.2, -0.15) is 5.10 Å². The number of halogens is 1. The number of nitrogens with zero attached hydrogens (tertiary/aromatic N) is 5. The third kappa shape index (κ3) is 5.01. The molecule has 2 N–H and O–H groups in total. The van der Waals surface area contributed by atoms with Crippen molar-refractivity contribution in [3.8, 4) is 0 Å². The Bertz CT molecular complexity index is 1470. The monoisotopic (exact) mass is 525 g/mol. The summed E-state index contributed by atoms with van der Waals surface area (Å²) in [5.41, 5.74) is 7.40. The Labute approximate surface area is 229 Å². The van der Waals surface area contributed by atoms with Crippen LogP contribution in [0, 0.1) is 5.82 Å². The molecular weight excluding hydrogens is 489 g/mol. The molecule has 0 spiro atoms. The van der Waals surface area contributed by atoms with Gasteiger partial charge in [0.15, 0.2) is 5.82 Å². The summed E-state index contributed by atoms with van der Waals surface area (Å²) in [7, 11) is 0. The first-order valence-corrected chi connectivity index (χ1v) is 14.1. The van der Waals surface area contributed by atoms with Crippen molar-refractivity contribution < 1.29 is 4.39 Å². The molecule has 0 saturated carbocycles. The number of allylic oxidation sites excluding steroid dienone is 4. The van der Waals surface area contributed by atoms with E-state index in [1.807, 2.05) is 37.5 Å². The van der Waals surface area contributed by atoms with Gasteiger partial charge in [0.25, 0.3) is 0 Å². The molecule has 2 saturated heterocycles. The van der Waals surface area contributed by atoms with Crippen molar-refractivity contribution in [2.75, 3.05) is 42.9 Å². The van der Waals surface area contributed by atoms with Crippen LogP contribution >= 0.6 is 0 Å². The Morgan fingerprint density at radius 1 is 1.08 bits per heavy atom. The number of rotatable bonds is 7. The van der Waals surface area contributed by atoms with Gasteiger partial charge >= 0.3 is 0 Å². The molecule has 6 heterocycles. The Hall–Kier alpha value is -3.78. The van der Waals surface area contributed by atoms with E-state index in [1.54, 1.807) is 6.20 Å². The van der Waals surface area contributed by atoms with Gasteiger partial charge in [0.05, 0.1) is 46.6 Å². The Balaban J connectivity index is 1.32. The SMILES string of the molecule is C=C/C(=C\C(=C/C)c1ncc2[nH]nc(C3=CCc4c(cncc4N4CCCCC4)N3)c2c1F)CN1CCCC1. The molecule has 3 aromatic heterocycles. The molecule has 0 unspecified atom stereocenters. The van der Waals surface area contributed by atoms with Crippen LogP contribution in [0.2, 0.25) is 0 Å². The maximum absolute atomic E-state index is 16.2. The fraction of sp³-hybridized carbons (Fsp3) is 0.387. The van der Waals surface area contributed by atoms with E-state index in [0.29, 0.717) is 22.3 Å². The molecule has 0 aliphatic carbocycles. The number of pyridine rings is 2. The van der Waals surface area contributed by atoms with Crippen molar-refractivity contribution in [2.24, 2.45) is 0 Å². The zero-order valence-corrected chi connectivity index (χ0v) is 22.6. The van der Waals surface area contributed by atoms with Crippen molar-refractivity contribution in [2.45, 2.75) is 45.4 Å². The number of piperidine rings is 1. The zero-order chi connectivity index (χ0) is 26.8. The number of hydrogen-bond acceptors (Lipinski definition) is 6. The molecule has 7 nitrogen and oxygen atoms in total. The van der Waals surface area contributed by atoms with Crippen LogP contribution in [0.15, 0.2) is 55.0 Å². The lowest BCUT2D eigenvalue weighted by Gasteiger charge is -2.32. The lowest BCUT2D eigenvalue weighted by Crippen LogP contribution is -2.30. The van der Waals surface area contributed by atoms with Crippen molar-refractivity contribution in [1.29, 1.82) is 0 Å². The molecule has 0 bridgehead atoms. The minimum atomic E-state index is -0.376.